The van der Waals surface area contributed by atoms with E-state index in [1.165, 1.54) is 0 Å². The van der Waals surface area contributed by atoms with Gasteiger partial charge in [0.1, 0.15) is 6.04 Å². The molecule has 1 unspecified atom stereocenters. The van der Waals surface area contributed by atoms with E-state index in [0.29, 0.717) is 12.5 Å². The number of benzene rings is 1. The molecule has 1 amide bonds. The number of rotatable bonds is 6. The van der Waals surface area contributed by atoms with E-state index in [2.05, 4.69) is 31.4 Å². The molecule has 0 aliphatic carbocycles. The van der Waals surface area contributed by atoms with Gasteiger partial charge in [-0.2, -0.15) is 0 Å². The number of fused-ring (bicyclic) bond motifs is 1. The van der Waals surface area contributed by atoms with Crippen molar-refractivity contribution in [2.24, 2.45) is 5.92 Å². The molecule has 1 aliphatic heterocycles. The van der Waals surface area contributed by atoms with Crippen molar-refractivity contribution in [3.05, 3.63) is 24.3 Å². The van der Waals surface area contributed by atoms with Crippen molar-refractivity contribution in [2.75, 3.05) is 30.3 Å². The Morgan fingerprint density at radius 2 is 1.90 bits per heavy atom. The summed E-state index contributed by atoms with van der Waals surface area (Å²) in [5.74, 6) is 0.795. The number of likely N-dealkylation sites (N-methyl/N-ethyl adjacent to an activating group) is 1. The monoisotopic (exact) mass is 289 g/mol. The Hall–Kier alpha value is -1.71. The zero-order chi connectivity index (χ0) is 15.2. The Labute approximate surface area is 127 Å². The lowest BCUT2D eigenvalue weighted by atomic mass is 10.0. The molecule has 2 N–H and O–H groups in total. The first-order valence-electron chi connectivity index (χ1n) is 8.07. The average molecular weight is 289 g/mol. The fourth-order valence-electron chi connectivity index (χ4n) is 2.82. The molecule has 0 saturated carbocycles. The van der Waals surface area contributed by atoms with Gasteiger partial charge in [-0.05, 0) is 25.0 Å². The van der Waals surface area contributed by atoms with Crippen LogP contribution in [0.3, 0.4) is 0 Å². The van der Waals surface area contributed by atoms with Gasteiger partial charge in [-0.25, -0.2) is 0 Å². The van der Waals surface area contributed by atoms with Gasteiger partial charge in [0.05, 0.1) is 11.4 Å². The third-order valence-corrected chi connectivity index (χ3v) is 4.38. The summed E-state index contributed by atoms with van der Waals surface area (Å²) in [6.07, 6.45) is 2.25. The van der Waals surface area contributed by atoms with Crippen LogP contribution in [0, 0.1) is 5.92 Å². The van der Waals surface area contributed by atoms with Gasteiger partial charge >= 0.3 is 0 Å². The Morgan fingerprint density at radius 1 is 1.24 bits per heavy atom. The van der Waals surface area contributed by atoms with Gasteiger partial charge < -0.3 is 15.5 Å². The molecule has 4 heteroatoms. The minimum atomic E-state index is -0.172. The highest BCUT2D eigenvalue weighted by Gasteiger charge is 2.27. The molecule has 0 radical (unpaired) electrons. The number of nitrogens with zero attached hydrogens (tertiary/aromatic N) is 1. The van der Waals surface area contributed by atoms with Crippen molar-refractivity contribution in [1.29, 1.82) is 0 Å². The maximum Gasteiger partial charge on any atom is 0.246 e. The molecule has 1 heterocycles. The fraction of sp³-hybridized carbons (Fsp3) is 0.588. The maximum atomic E-state index is 12.7. The average Bonchev–Trinajstić information content (AvgIpc) is 2.55. The van der Waals surface area contributed by atoms with Gasteiger partial charge in [0.2, 0.25) is 5.91 Å². The highest BCUT2D eigenvalue weighted by Crippen LogP contribution is 2.25. The molecular formula is C17H27N3O. The zero-order valence-corrected chi connectivity index (χ0v) is 13.4. The van der Waals surface area contributed by atoms with E-state index in [4.69, 9.17) is 0 Å². The van der Waals surface area contributed by atoms with E-state index in [-0.39, 0.29) is 11.9 Å². The Morgan fingerprint density at radius 3 is 2.52 bits per heavy atom. The summed E-state index contributed by atoms with van der Waals surface area (Å²) in [7, 11) is 0. The fourth-order valence-corrected chi connectivity index (χ4v) is 2.82. The Balaban J connectivity index is 2.02. The number of hydrogen-bond acceptors (Lipinski definition) is 3. The molecule has 2 rings (SSSR count). The second kappa shape index (κ2) is 7.34. The molecule has 0 aromatic heterocycles. The number of anilines is 2. The number of amides is 1. The summed E-state index contributed by atoms with van der Waals surface area (Å²) in [4.78, 5) is 14.7. The van der Waals surface area contributed by atoms with Crippen LogP contribution in [0.25, 0.3) is 0 Å². The van der Waals surface area contributed by atoms with E-state index in [1.807, 2.05) is 29.2 Å². The number of para-hydroxylation sites is 2. The van der Waals surface area contributed by atoms with Crippen LogP contribution in [0.1, 0.15) is 33.6 Å². The first-order valence-corrected chi connectivity index (χ1v) is 8.07. The van der Waals surface area contributed by atoms with Crippen LogP contribution in [-0.2, 0) is 4.79 Å². The summed E-state index contributed by atoms with van der Waals surface area (Å²) in [6.45, 7) is 8.74. The quantitative estimate of drug-likeness (QED) is 0.845. The number of nitrogens with one attached hydrogen (secondary N) is 2. The number of carbonyl (C=O) groups excluding carboxylic acids is 1. The predicted octanol–water partition coefficient (Wildman–Crippen LogP) is 3.18. The summed E-state index contributed by atoms with van der Waals surface area (Å²) in [6, 6.07) is 7.86. The summed E-state index contributed by atoms with van der Waals surface area (Å²) < 4.78 is 0. The smallest absolute Gasteiger partial charge is 0.246 e. The van der Waals surface area contributed by atoms with Crippen molar-refractivity contribution >= 4 is 17.3 Å². The molecule has 4 nitrogen and oxygen atoms in total. The van der Waals surface area contributed by atoms with Crippen molar-refractivity contribution < 1.29 is 4.79 Å². The molecule has 0 saturated heterocycles. The SMILES string of the molecule is CCC(CC)CN(CC)C(=O)C1CNc2ccccc2N1. The van der Waals surface area contributed by atoms with E-state index in [9.17, 15) is 4.79 Å². The minimum absolute atomic E-state index is 0.172. The molecule has 116 valence electrons. The van der Waals surface area contributed by atoms with Crippen molar-refractivity contribution in [2.45, 2.75) is 39.7 Å². The van der Waals surface area contributed by atoms with Crippen molar-refractivity contribution in [3.8, 4) is 0 Å². The third-order valence-electron chi connectivity index (χ3n) is 4.38. The van der Waals surface area contributed by atoms with Gasteiger partial charge in [-0.3, -0.25) is 4.79 Å². The highest BCUT2D eigenvalue weighted by atomic mass is 16.2. The first kappa shape index (κ1) is 15.7. The third kappa shape index (κ3) is 3.69. The molecular weight excluding hydrogens is 262 g/mol. The largest absolute Gasteiger partial charge is 0.381 e. The van der Waals surface area contributed by atoms with Crippen LogP contribution in [0.5, 0.6) is 0 Å². The standard InChI is InChI=1S/C17H27N3O/c1-4-13(5-2)12-20(6-3)17(21)16-11-18-14-9-7-8-10-15(14)19-16/h7-10,13,16,18-19H,4-6,11-12H2,1-3H3. The number of carbonyl (C=O) groups is 1. The normalized spacial score (nSPS) is 16.9. The van der Waals surface area contributed by atoms with E-state index < -0.39 is 0 Å². The van der Waals surface area contributed by atoms with Gasteiger partial charge in [-0.15, -0.1) is 0 Å². The van der Waals surface area contributed by atoms with Crippen molar-refractivity contribution in [3.63, 3.8) is 0 Å². The molecule has 0 bridgehead atoms. The van der Waals surface area contributed by atoms with Crippen LogP contribution in [0.15, 0.2) is 24.3 Å². The zero-order valence-electron chi connectivity index (χ0n) is 13.4. The Bertz CT molecular complexity index is 471. The summed E-state index contributed by atoms with van der Waals surface area (Å²) >= 11 is 0. The molecule has 1 atom stereocenters. The van der Waals surface area contributed by atoms with Crippen LogP contribution in [0.4, 0.5) is 11.4 Å². The molecule has 21 heavy (non-hydrogen) atoms. The molecule has 0 spiro atoms. The molecule has 1 aromatic carbocycles. The van der Waals surface area contributed by atoms with Gasteiger partial charge in [-0.1, -0.05) is 38.8 Å². The Kier molecular flexibility index (Phi) is 5.48. The van der Waals surface area contributed by atoms with E-state index >= 15 is 0 Å². The first-order chi connectivity index (χ1) is 10.2. The second-order valence-electron chi connectivity index (χ2n) is 5.68. The van der Waals surface area contributed by atoms with E-state index in [0.717, 1.165) is 37.3 Å². The van der Waals surface area contributed by atoms with Gasteiger partial charge in [0.25, 0.3) is 0 Å². The molecule has 1 aromatic rings. The lowest BCUT2D eigenvalue weighted by Gasteiger charge is -2.33. The van der Waals surface area contributed by atoms with Crippen LogP contribution < -0.4 is 10.6 Å². The summed E-state index contributed by atoms with van der Waals surface area (Å²) in [5, 5.41) is 6.71. The van der Waals surface area contributed by atoms with Crippen LogP contribution in [0.2, 0.25) is 0 Å². The lowest BCUT2D eigenvalue weighted by Crippen LogP contribution is -2.49. The number of hydrogen-bond donors (Lipinski definition) is 2. The van der Waals surface area contributed by atoms with Crippen LogP contribution >= 0.6 is 0 Å². The highest BCUT2D eigenvalue weighted by molar-refractivity contribution is 5.88. The maximum absolute atomic E-state index is 12.7. The van der Waals surface area contributed by atoms with Crippen molar-refractivity contribution in [1.82, 2.24) is 4.90 Å². The molecule has 1 aliphatic rings. The summed E-state index contributed by atoms with van der Waals surface area (Å²) in [5.41, 5.74) is 2.09. The van der Waals surface area contributed by atoms with Gasteiger partial charge in [0, 0.05) is 19.6 Å². The minimum Gasteiger partial charge on any atom is -0.381 e. The lowest BCUT2D eigenvalue weighted by molar-refractivity contribution is -0.132. The second-order valence-corrected chi connectivity index (χ2v) is 5.68. The molecule has 0 fully saturated rings. The van der Waals surface area contributed by atoms with Gasteiger partial charge in [0.15, 0.2) is 0 Å². The van der Waals surface area contributed by atoms with E-state index in [1.54, 1.807) is 0 Å². The topological polar surface area (TPSA) is 44.4 Å². The van der Waals surface area contributed by atoms with Crippen LogP contribution in [-0.4, -0.2) is 36.5 Å². The predicted molar refractivity (Wildman–Crippen MR) is 88.7 cm³/mol.